The summed E-state index contributed by atoms with van der Waals surface area (Å²) >= 11 is 0. The molecule has 1 amide bonds. The molecule has 1 aliphatic heterocycles. The van der Waals surface area contributed by atoms with Gasteiger partial charge < -0.3 is 4.90 Å². The van der Waals surface area contributed by atoms with Gasteiger partial charge in [0.2, 0.25) is 0 Å². The maximum absolute atomic E-state index is 13.4. The van der Waals surface area contributed by atoms with Crippen LogP contribution in [-0.4, -0.2) is 27.1 Å². The number of aryl methyl sites for hydroxylation is 1. The molecule has 0 aliphatic carbocycles. The summed E-state index contributed by atoms with van der Waals surface area (Å²) in [5.41, 5.74) is 4.78. The van der Waals surface area contributed by atoms with E-state index in [0.29, 0.717) is 22.6 Å². The minimum atomic E-state index is -3.30. The number of benzene rings is 3. The number of anilines is 1. The van der Waals surface area contributed by atoms with Crippen molar-refractivity contribution in [2.45, 2.75) is 11.8 Å². The molecule has 0 unspecified atom stereocenters. The SMILES string of the molecule is Cc1cc(C2=C(c3ccccc3)C(=O)N(c3ccccc3)C2)ccc1S(C)(=O)=O. The number of para-hydroxylation sites is 1. The summed E-state index contributed by atoms with van der Waals surface area (Å²) in [6.07, 6.45) is 1.21. The summed E-state index contributed by atoms with van der Waals surface area (Å²) < 4.78 is 24.0. The summed E-state index contributed by atoms with van der Waals surface area (Å²) in [7, 11) is -3.30. The Balaban J connectivity index is 1.86. The van der Waals surface area contributed by atoms with Gasteiger partial charge in [-0.25, -0.2) is 8.42 Å². The number of hydrogen-bond donors (Lipinski definition) is 0. The van der Waals surface area contributed by atoms with Crippen LogP contribution in [0.25, 0.3) is 11.1 Å². The molecule has 146 valence electrons. The van der Waals surface area contributed by atoms with Crippen molar-refractivity contribution in [3.05, 3.63) is 95.6 Å². The van der Waals surface area contributed by atoms with Gasteiger partial charge in [0.1, 0.15) is 0 Å². The minimum Gasteiger partial charge on any atom is -0.304 e. The van der Waals surface area contributed by atoms with Crippen molar-refractivity contribution in [3.63, 3.8) is 0 Å². The average molecular weight is 404 g/mol. The molecule has 3 aromatic carbocycles. The monoisotopic (exact) mass is 403 g/mol. The predicted octanol–water partition coefficient (Wildman–Crippen LogP) is 4.36. The van der Waals surface area contributed by atoms with Crippen molar-refractivity contribution in [1.82, 2.24) is 0 Å². The summed E-state index contributed by atoms with van der Waals surface area (Å²) in [4.78, 5) is 15.4. The molecule has 0 atom stereocenters. The van der Waals surface area contributed by atoms with E-state index in [4.69, 9.17) is 0 Å². The molecule has 0 spiro atoms. The summed E-state index contributed by atoms with van der Waals surface area (Å²) in [5.74, 6) is -0.0535. The topological polar surface area (TPSA) is 54.5 Å². The van der Waals surface area contributed by atoms with Crippen molar-refractivity contribution in [2.24, 2.45) is 0 Å². The fourth-order valence-corrected chi connectivity index (χ4v) is 4.74. The van der Waals surface area contributed by atoms with E-state index in [0.717, 1.165) is 22.4 Å². The maximum Gasteiger partial charge on any atom is 0.259 e. The zero-order valence-corrected chi connectivity index (χ0v) is 17.1. The lowest BCUT2D eigenvalue weighted by molar-refractivity contribution is -0.112. The summed E-state index contributed by atoms with van der Waals surface area (Å²) in [5, 5.41) is 0. The largest absolute Gasteiger partial charge is 0.304 e. The van der Waals surface area contributed by atoms with Gasteiger partial charge in [-0.3, -0.25) is 4.79 Å². The molecule has 0 bridgehead atoms. The Bertz CT molecular complexity index is 1210. The lowest BCUT2D eigenvalue weighted by Gasteiger charge is -2.17. The Hall–Kier alpha value is -3.18. The van der Waals surface area contributed by atoms with Crippen molar-refractivity contribution >= 4 is 32.6 Å². The number of carbonyl (C=O) groups excluding carboxylic acids is 1. The molecule has 1 aliphatic rings. The molecule has 0 saturated carbocycles. The van der Waals surface area contributed by atoms with E-state index in [2.05, 4.69) is 0 Å². The fraction of sp³-hybridized carbons (Fsp3) is 0.125. The highest BCUT2D eigenvalue weighted by molar-refractivity contribution is 7.90. The Morgan fingerprint density at radius 3 is 2.03 bits per heavy atom. The van der Waals surface area contributed by atoms with Gasteiger partial charge in [-0.1, -0.05) is 60.7 Å². The number of carbonyl (C=O) groups is 1. The van der Waals surface area contributed by atoms with Crippen LogP contribution in [0.5, 0.6) is 0 Å². The minimum absolute atomic E-state index is 0.0535. The molecule has 0 radical (unpaired) electrons. The van der Waals surface area contributed by atoms with Crippen molar-refractivity contribution in [1.29, 1.82) is 0 Å². The van der Waals surface area contributed by atoms with E-state index >= 15 is 0 Å². The highest BCUT2D eigenvalue weighted by atomic mass is 32.2. The van der Waals surface area contributed by atoms with E-state index < -0.39 is 9.84 Å². The van der Waals surface area contributed by atoms with Gasteiger partial charge in [0.15, 0.2) is 9.84 Å². The number of amides is 1. The first-order chi connectivity index (χ1) is 13.9. The maximum atomic E-state index is 13.4. The first-order valence-corrected chi connectivity index (χ1v) is 11.2. The first-order valence-electron chi connectivity index (χ1n) is 9.33. The Morgan fingerprint density at radius 2 is 1.45 bits per heavy atom. The molecule has 0 N–H and O–H groups in total. The number of hydrogen-bond acceptors (Lipinski definition) is 3. The van der Waals surface area contributed by atoms with Crippen LogP contribution in [0.15, 0.2) is 83.8 Å². The highest BCUT2D eigenvalue weighted by Crippen LogP contribution is 2.37. The second-order valence-electron chi connectivity index (χ2n) is 7.20. The van der Waals surface area contributed by atoms with Crippen LogP contribution in [0.3, 0.4) is 0 Å². The van der Waals surface area contributed by atoms with Crippen LogP contribution in [0.4, 0.5) is 5.69 Å². The third kappa shape index (κ3) is 3.61. The van der Waals surface area contributed by atoms with Crippen LogP contribution in [-0.2, 0) is 14.6 Å². The lowest BCUT2D eigenvalue weighted by atomic mass is 9.96. The van der Waals surface area contributed by atoms with Gasteiger partial charge in [-0.05, 0) is 47.4 Å². The standard InChI is InChI=1S/C24H21NO3S/c1-17-15-19(13-14-22(17)29(2,27)28)21-16-25(20-11-7-4-8-12-20)24(26)23(21)18-9-5-3-6-10-18/h3-15H,16H2,1-2H3. The van der Waals surface area contributed by atoms with Crippen LogP contribution >= 0.6 is 0 Å². The molecule has 3 aromatic rings. The molecule has 4 rings (SSSR count). The van der Waals surface area contributed by atoms with Crippen LogP contribution in [0.1, 0.15) is 16.7 Å². The van der Waals surface area contributed by atoms with Crippen molar-refractivity contribution in [2.75, 3.05) is 17.7 Å². The zero-order valence-electron chi connectivity index (χ0n) is 16.3. The first kappa shape index (κ1) is 19.2. The summed E-state index contributed by atoms with van der Waals surface area (Å²) in [6.45, 7) is 2.22. The Kier molecular flexibility index (Phi) is 4.84. The van der Waals surface area contributed by atoms with Gasteiger partial charge >= 0.3 is 0 Å². The third-order valence-corrected chi connectivity index (χ3v) is 6.39. The van der Waals surface area contributed by atoms with Crippen LogP contribution < -0.4 is 4.90 Å². The second-order valence-corrected chi connectivity index (χ2v) is 9.18. The molecular weight excluding hydrogens is 382 g/mol. The number of nitrogens with zero attached hydrogens (tertiary/aromatic N) is 1. The summed E-state index contributed by atoms with van der Waals surface area (Å²) in [6, 6.07) is 24.5. The molecule has 0 fully saturated rings. The normalized spacial score (nSPS) is 14.6. The Labute approximate surface area is 171 Å². The molecule has 5 heteroatoms. The molecule has 29 heavy (non-hydrogen) atoms. The van der Waals surface area contributed by atoms with E-state index in [1.54, 1.807) is 24.0 Å². The number of sulfone groups is 1. The van der Waals surface area contributed by atoms with E-state index in [9.17, 15) is 13.2 Å². The third-order valence-electron chi connectivity index (χ3n) is 5.13. The van der Waals surface area contributed by atoms with Gasteiger partial charge in [-0.2, -0.15) is 0 Å². The van der Waals surface area contributed by atoms with Crippen LogP contribution in [0.2, 0.25) is 0 Å². The number of rotatable bonds is 4. The zero-order chi connectivity index (χ0) is 20.6. The highest BCUT2D eigenvalue weighted by Gasteiger charge is 2.33. The van der Waals surface area contributed by atoms with Gasteiger partial charge in [0.25, 0.3) is 5.91 Å². The molecule has 4 nitrogen and oxygen atoms in total. The quantitative estimate of drug-likeness (QED) is 0.651. The molecule has 1 heterocycles. The van der Waals surface area contributed by atoms with Crippen LogP contribution in [0, 0.1) is 6.92 Å². The van der Waals surface area contributed by atoms with Crippen molar-refractivity contribution in [3.8, 4) is 0 Å². The molecular formula is C24H21NO3S. The van der Waals surface area contributed by atoms with Gasteiger partial charge in [-0.15, -0.1) is 0 Å². The smallest absolute Gasteiger partial charge is 0.259 e. The second kappa shape index (κ2) is 7.33. The van der Waals surface area contributed by atoms with Crippen molar-refractivity contribution < 1.29 is 13.2 Å². The molecule has 0 saturated heterocycles. The van der Waals surface area contributed by atoms with E-state index in [1.165, 1.54) is 6.26 Å². The van der Waals surface area contributed by atoms with E-state index in [1.807, 2.05) is 66.7 Å². The fourth-order valence-electron chi connectivity index (χ4n) is 3.78. The van der Waals surface area contributed by atoms with Gasteiger partial charge in [0, 0.05) is 11.9 Å². The average Bonchev–Trinajstić information content (AvgIpc) is 3.05. The van der Waals surface area contributed by atoms with E-state index in [-0.39, 0.29) is 5.91 Å². The Morgan fingerprint density at radius 1 is 0.828 bits per heavy atom. The lowest BCUT2D eigenvalue weighted by Crippen LogP contribution is -2.26. The predicted molar refractivity (Wildman–Crippen MR) is 116 cm³/mol. The molecule has 0 aromatic heterocycles. The van der Waals surface area contributed by atoms with Gasteiger partial charge in [0.05, 0.1) is 17.0 Å².